The highest BCUT2D eigenvalue weighted by molar-refractivity contribution is 5.89. The highest BCUT2D eigenvalue weighted by Crippen LogP contribution is 2.28. The van der Waals surface area contributed by atoms with Crippen LogP contribution in [0.5, 0.6) is 0 Å². The normalized spacial score (nSPS) is 21.3. The van der Waals surface area contributed by atoms with Gasteiger partial charge in [0.05, 0.1) is 13.2 Å². The van der Waals surface area contributed by atoms with Gasteiger partial charge in [-0.05, 0) is 19.8 Å². The van der Waals surface area contributed by atoms with Crippen LogP contribution < -0.4 is 0 Å². The number of carbonyl (C=O) groups is 2. The molecule has 0 saturated carbocycles. The number of unbranched alkanes of at least 4 members (excludes halogenated alkanes) is 1. The van der Waals surface area contributed by atoms with Gasteiger partial charge in [0.2, 0.25) is 6.04 Å². The van der Waals surface area contributed by atoms with Gasteiger partial charge in [-0.15, -0.1) is 0 Å². The average Bonchev–Trinajstić information content (AvgIpc) is 2.47. The predicted molar refractivity (Wildman–Crippen MR) is 74.1 cm³/mol. The second kappa shape index (κ2) is 8.39. The van der Waals surface area contributed by atoms with Crippen LogP contribution in [-0.2, 0) is 19.1 Å². The molecule has 1 aliphatic carbocycles. The summed E-state index contributed by atoms with van der Waals surface area (Å²) in [5.41, 5.74) is 0.260. The third-order valence-corrected chi connectivity index (χ3v) is 3.37. The molecule has 7 heteroatoms. The van der Waals surface area contributed by atoms with Gasteiger partial charge in [0.15, 0.2) is 0 Å². The Labute approximate surface area is 123 Å². The van der Waals surface area contributed by atoms with Crippen LogP contribution in [0.25, 0.3) is 0 Å². The number of rotatable bonds is 7. The Morgan fingerprint density at radius 3 is 2.67 bits per heavy atom. The maximum atomic E-state index is 11.9. The summed E-state index contributed by atoms with van der Waals surface area (Å²) in [6.07, 6.45) is 3.18. The third-order valence-electron chi connectivity index (χ3n) is 3.37. The molecule has 0 aromatic rings. The fourth-order valence-electron chi connectivity index (χ4n) is 2.17. The van der Waals surface area contributed by atoms with Crippen molar-refractivity contribution in [2.45, 2.75) is 45.6 Å². The molecule has 1 aliphatic rings. The van der Waals surface area contributed by atoms with Gasteiger partial charge in [0.1, 0.15) is 5.92 Å². The second-order valence-corrected chi connectivity index (χ2v) is 4.87. The standard InChI is InChI=1S/C14H21NO6/c1-3-5-8-21-14(17)11-7-6-10(13(16)20-4-2)9-12(11)15(18)19/h6,11-12H,3-5,7-9H2,1-2H3. The van der Waals surface area contributed by atoms with Crippen LogP contribution >= 0.6 is 0 Å². The van der Waals surface area contributed by atoms with Crippen molar-refractivity contribution in [1.82, 2.24) is 0 Å². The summed E-state index contributed by atoms with van der Waals surface area (Å²) in [5.74, 6) is -1.96. The Hall–Kier alpha value is -1.92. The number of nitro groups is 1. The van der Waals surface area contributed by atoms with Crippen molar-refractivity contribution in [3.63, 3.8) is 0 Å². The van der Waals surface area contributed by atoms with E-state index in [1.165, 1.54) is 0 Å². The summed E-state index contributed by atoms with van der Waals surface area (Å²) >= 11 is 0. The number of nitrogens with zero attached hydrogens (tertiary/aromatic N) is 1. The zero-order chi connectivity index (χ0) is 15.8. The van der Waals surface area contributed by atoms with Crippen molar-refractivity contribution in [3.05, 3.63) is 21.8 Å². The Morgan fingerprint density at radius 2 is 2.10 bits per heavy atom. The van der Waals surface area contributed by atoms with Crippen molar-refractivity contribution in [2.75, 3.05) is 13.2 Å². The zero-order valence-corrected chi connectivity index (χ0v) is 12.4. The highest BCUT2D eigenvalue weighted by atomic mass is 16.6. The first-order valence-corrected chi connectivity index (χ1v) is 7.17. The summed E-state index contributed by atoms with van der Waals surface area (Å²) in [6, 6.07) is -1.14. The van der Waals surface area contributed by atoms with E-state index in [1.54, 1.807) is 13.0 Å². The lowest BCUT2D eigenvalue weighted by molar-refractivity contribution is -0.529. The number of allylic oxidation sites excluding steroid dienone is 1. The summed E-state index contributed by atoms with van der Waals surface area (Å²) < 4.78 is 9.90. The SMILES string of the molecule is CCCCOC(=O)C1CC=C(C(=O)OCC)CC1[N+](=O)[O-]. The zero-order valence-electron chi connectivity index (χ0n) is 12.4. The fourth-order valence-corrected chi connectivity index (χ4v) is 2.17. The molecule has 0 aromatic carbocycles. The molecule has 0 amide bonds. The molecule has 0 fully saturated rings. The van der Waals surface area contributed by atoms with Gasteiger partial charge in [-0.1, -0.05) is 19.4 Å². The molecular formula is C14H21NO6. The summed E-state index contributed by atoms with van der Waals surface area (Å²) in [4.78, 5) is 34.2. The molecule has 0 radical (unpaired) electrons. The minimum atomic E-state index is -1.14. The predicted octanol–water partition coefficient (Wildman–Crippen LogP) is 1.87. The van der Waals surface area contributed by atoms with E-state index in [0.717, 1.165) is 12.8 Å². The third kappa shape index (κ3) is 4.84. The minimum Gasteiger partial charge on any atom is -0.465 e. The molecule has 0 bridgehead atoms. The molecule has 0 spiro atoms. The van der Waals surface area contributed by atoms with E-state index in [2.05, 4.69) is 0 Å². The Balaban J connectivity index is 2.74. The van der Waals surface area contributed by atoms with E-state index in [-0.39, 0.29) is 31.6 Å². The Bertz CT molecular complexity index is 431. The van der Waals surface area contributed by atoms with E-state index in [0.29, 0.717) is 0 Å². The maximum Gasteiger partial charge on any atom is 0.333 e. The van der Waals surface area contributed by atoms with Crippen LogP contribution in [0.3, 0.4) is 0 Å². The van der Waals surface area contributed by atoms with E-state index >= 15 is 0 Å². The van der Waals surface area contributed by atoms with Gasteiger partial charge < -0.3 is 9.47 Å². The van der Waals surface area contributed by atoms with Crippen LogP contribution in [0, 0.1) is 16.0 Å². The quantitative estimate of drug-likeness (QED) is 0.308. The van der Waals surface area contributed by atoms with Gasteiger partial charge in [-0.3, -0.25) is 14.9 Å². The summed E-state index contributed by atoms with van der Waals surface area (Å²) in [7, 11) is 0. The van der Waals surface area contributed by atoms with E-state index in [1.807, 2.05) is 6.92 Å². The van der Waals surface area contributed by atoms with Crippen molar-refractivity contribution in [3.8, 4) is 0 Å². The molecule has 0 heterocycles. The van der Waals surface area contributed by atoms with Crippen molar-refractivity contribution in [1.29, 1.82) is 0 Å². The molecule has 2 atom stereocenters. The first-order valence-electron chi connectivity index (χ1n) is 7.17. The second-order valence-electron chi connectivity index (χ2n) is 4.87. The first kappa shape index (κ1) is 17.1. The molecule has 0 aliphatic heterocycles. The molecule has 0 saturated heterocycles. The van der Waals surface area contributed by atoms with E-state index < -0.39 is 28.8 Å². The van der Waals surface area contributed by atoms with Gasteiger partial charge in [-0.2, -0.15) is 0 Å². The summed E-state index contributed by atoms with van der Waals surface area (Å²) in [5, 5.41) is 11.1. The molecule has 2 unspecified atom stereocenters. The van der Waals surface area contributed by atoms with Crippen molar-refractivity contribution < 1.29 is 24.0 Å². The maximum absolute atomic E-state index is 11.9. The van der Waals surface area contributed by atoms with Crippen LogP contribution in [0.4, 0.5) is 0 Å². The van der Waals surface area contributed by atoms with Gasteiger partial charge in [0.25, 0.3) is 0 Å². The van der Waals surface area contributed by atoms with Crippen molar-refractivity contribution >= 4 is 11.9 Å². The topological polar surface area (TPSA) is 95.7 Å². The Kier molecular flexibility index (Phi) is 6.84. The lowest BCUT2D eigenvalue weighted by Gasteiger charge is -2.23. The number of ether oxygens (including phenoxy) is 2. The lowest BCUT2D eigenvalue weighted by atomic mass is 9.85. The lowest BCUT2D eigenvalue weighted by Crippen LogP contribution is -2.39. The highest BCUT2D eigenvalue weighted by Gasteiger charge is 2.42. The monoisotopic (exact) mass is 299 g/mol. The molecule has 118 valence electrons. The van der Waals surface area contributed by atoms with E-state index in [4.69, 9.17) is 9.47 Å². The van der Waals surface area contributed by atoms with Gasteiger partial charge >= 0.3 is 11.9 Å². The van der Waals surface area contributed by atoms with Crippen LogP contribution in [0.1, 0.15) is 39.5 Å². The van der Waals surface area contributed by atoms with Crippen molar-refractivity contribution in [2.24, 2.45) is 5.92 Å². The Morgan fingerprint density at radius 1 is 1.38 bits per heavy atom. The number of hydrogen-bond acceptors (Lipinski definition) is 6. The smallest absolute Gasteiger partial charge is 0.333 e. The molecule has 7 nitrogen and oxygen atoms in total. The molecule has 0 aromatic heterocycles. The van der Waals surface area contributed by atoms with Gasteiger partial charge in [-0.25, -0.2) is 4.79 Å². The van der Waals surface area contributed by atoms with E-state index in [9.17, 15) is 19.7 Å². The first-order chi connectivity index (χ1) is 10.0. The number of hydrogen-bond donors (Lipinski definition) is 0. The van der Waals surface area contributed by atoms with Crippen LogP contribution in [0.2, 0.25) is 0 Å². The largest absolute Gasteiger partial charge is 0.465 e. The van der Waals surface area contributed by atoms with Gasteiger partial charge in [0, 0.05) is 16.9 Å². The summed E-state index contributed by atoms with van der Waals surface area (Å²) in [6.45, 7) is 4.11. The minimum absolute atomic E-state index is 0.0978. The molecule has 0 N–H and O–H groups in total. The number of esters is 2. The average molecular weight is 299 g/mol. The van der Waals surface area contributed by atoms with Crippen LogP contribution in [-0.4, -0.2) is 36.1 Å². The molecule has 21 heavy (non-hydrogen) atoms. The molecular weight excluding hydrogens is 278 g/mol. The molecule has 1 rings (SSSR count). The van der Waals surface area contributed by atoms with Crippen LogP contribution in [0.15, 0.2) is 11.6 Å². The fraction of sp³-hybridized carbons (Fsp3) is 0.714. The number of carbonyl (C=O) groups excluding carboxylic acids is 2.